The van der Waals surface area contributed by atoms with E-state index in [1.807, 2.05) is 37.3 Å². The number of benzene rings is 1. The summed E-state index contributed by atoms with van der Waals surface area (Å²) < 4.78 is 16.1. The number of hydrogen-bond donors (Lipinski definition) is 0. The van der Waals surface area contributed by atoms with Gasteiger partial charge < -0.3 is 14.2 Å². The number of ether oxygens (including phenoxy) is 3. The molecule has 0 spiro atoms. The molecule has 0 aliphatic carbocycles. The number of hydrogen-bond acceptors (Lipinski definition) is 6. The Morgan fingerprint density at radius 1 is 1.04 bits per heavy atom. The van der Waals surface area contributed by atoms with Gasteiger partial charge in [-0.1, -0.05) is 5.92 Å². The highest BCUT2D eigenvalue weighted by Gasteiger charge is 2.09. The molecule has 27 heavy (non-hydrogen) atoms. The molecule has 0 bridgehead atoms. The second-order valence-corrected chi connectivity index (χ2v) is 5.85. The Balaban J connectivity index is 1.94. The number of pyridine rings is 1. The fourth-order valence-electron chi connectivity index (χ4n) is 2.46. The third kappa shape index (κ3) is 4.72. The largest absolute Gasteiger partial charge is 0.497 e. The monoisotopic (exact) mass is 363 g/mol. The molecule has 3 aromatic rings. The predicted octanol–water partition coefficient (Wildman–Crippen LogP) is 3.16. The highest BCUT2D eigenvalue weighted by Crippen LogP contribution is 2.19. The van der Waals surface area contributed by atoms with Crippen LogP contribution in [0, 0.1) is 18.8 Å². The van der Waals surface area contributed by atoms with E-state index in [0.29, 0.717) is 36.0 Å². The number of methoxy groups -OCH3 is 2. The average Bonchev–Trinajstić information content (AvgIpc) is 2.70. The highest BCUT2D eigenvalue weighted by molar-refractivity contribution is 5.71. The van der Waals surface area contributed by atoms with E-state index in [9.17, 15) is 0 Å². The summed E-state index contributed by atoms with van der Waals surface area (Å²) in [4.78, 5) is 13.3. The van der Waals surface area contributed by atoms with Crippen molar-refractivity contribution in [1.29, 1.82) is 0 Å². The molecule has 138 valence electrons. The first-order chi connectivity index (χ1) is 13.2. The lowest BCUT2D eigenvalue weighted by Crippen LogP contribution is -2.06. The van der Waals surface area contributed by atoms with Gasteiger partial charge in [0.25, 0.3) is 0 Å². The third-order valence-corrected chi connectivity index (χ3v) is 3.89. The first-order valence-electron chi connectivity index (χ1n) is 8.62. The Labute approximate surface area is 158 Å². The van der Waals surface area contributed by atoms with Crippen molar-refractivity contribution in [2.45, 2.75) is 13.3 Å². The van der Waals surface area contributed by atoms with E-state index in [1.165, 1.54) is 0 Å². The molecular formula is C21H21N3O3. The van der Waals surface area contributed by atoms with Crippen LogP contribution in [0.5, 0.6) is 11.6 Å². The van der Waals surface area contributed by atoms with Crippen LogP contribution >= 0.6 is 0 Å². The maximum atomic E-state index is 5.80. The van der Waals surface area contributed by atoms with E-state index in [4.69, 9.17) is 14.2 Å². The summed E-state index contributed by atoms with van der Waals surface area (Å²) in [5.74, 6) is 7.44. The van der Waals surface area contributed by atoms with Crippen LogP contribution in [0.2, 0.25) is 0 Å². The zero-order chi connectivity index (χ0) is 19.1. The Kier molecular flexibility index (Phi) is 6.18. The summed E-state index contributed by atoms with van der Waals surface area (Å²) in [5, 5.41) is 0. The van der Waals surface area contributed by atoms with Gasteiger partial charge in [-0.25, -0.2) is 15.0 Å². The zero-order valence-corrected chi connectivity index (χ0v) is 15.7. The van der Waals surface area contributed by atoms with Crippen LogP contribution in [0.3, 0.4) is 0 Å². The maximum Gasteiger partial charge on any atom is 0.249 e. The van der Waals surface area contributed by atoms with Gasteiger partial charge in [0.1, 0.15) is 11.3 Å². The minimum atomic E-state index is 0.408. The number of fused-ring (bicyclic) bond motifs is 1. The van der Waals surface area contributed by atoms with Gasteiger partial charge in [0.15, 0.2) is 11.3 Å². The quantitative estimate of drug-likeness (QED) is 0.495. The smallest absolute Gasteiger partial charge is 0.249 e. The van der Waals surface area contributed by atoms with Gasteiger partial charge in [-0.15, -0.1) is 0 Å². The molecule has 0 aliphatic heterocycles. The van der Waals surface area contributed by atoms with Gasteiger partial charge in [-0.2, -0.15) is 0 Å². The van der Waals surface area contributed by atoms with Gasteiger partial charge in [0.05, 0.1) is 13.7 Å². The summed E-state index contributed by atoms with van der Waals surface area (Å²) in [6.07, 6.45) is 2.44. The number of nitrogens with zero attached hydrogens (tertiary/aromatic N) is 3. The lowest BCUT2D eigenvalue weighted by Gasteiger charge is -2.07. The van der Waals surface area contributed by atoms with Crippen molar-refractivity contribution in [3.63, 3.8) is 0 Å². The van der Waals surface area contributed by atoms with Crippen molar-refractivity contribution in [3.05, 3.63) is 53.3 Å². The highest BCUT2D eigenvalue weighted by atomic mass is 16.5. The SMILES string of the molecule is COCCCOc1nc2cccnc2nc1C#Cc1ccc(OC)cc1C. The maximum absolute atomic E-state index is 5.80. The first kappa shape index (κ1) is 18.6. The van der Waals surface area contributed by atoms with Crippen molar-refractivity contribution in [2.75, 3.05) is 27.4 Å². The fraction of sp³-hybridized carbons (Fsp3) is 0.286. The van der Waals surface area contributed by atoms with Gasteiger partial charge >= 0.3 is 0 Å². The molecule has 0 saturated carbocycles. The van der Waals surface area contributed by atoms with Crippen molar-refractivity contribution >= 4 is 11.2 Å². The van der Waals surface area contributed by atoms with E-state index in [1.54, 1.807) is 20.4 Å². The Morgan fingerprint density at radius 3 is 2.70 bits per heavy atom. The molecule has 1 aromatic carbocycles. The summed E-state index contributed by atoms with van der Waals surface area (Å²) in [5.41, 5.74) is 3.59. The van der Waals surface area contributed by atoms with Crippen molar-refractivity contribution in [1.82, 2.24) is 15.0 Å². The molecule has 3 rings (SSSR count). The van der Waals surface area contributed by atoms with E-state index in [-0.39, 0.29) is 0 Å². The van der Waals surface area contributed by atoms with Crippen LogP contribution in [0.25, 0.3) is 11.2 Å². The molecule has 6 nitrogen and oxygen atoms in total. The molecule has 2 aromatic heterocycles. The molecule has 6 heteroatoms. The molecule has 0 aliphatic rings. The second-order valence-electron chi connectivity index (χ2n) is 5.85. The van der Waals surface area contributed by atoms with Crippen molar-refractivity contribution < 1.29 is 14.2 Å². The Morgan fingerprint density at radius 2 is 1.93 bits per heavy atom. The van der Waals surface area contributed by atoms with Gasteiger partial charge in [0.2, 0.25) is 5.88 Å². The minimum Gasteiger partial charge on any atom is -0.497 e. The summed E-state index contributed by atoms with van der Waals surface area (Å²) >= 11 is 0. The van der Waals surface area contributed by atoms with Crippen LogP contribution in [-0.4, -0.2) is 42.4 Å². The van der Waals surface area contributed by atoms with Crippen molar-refractivity contribution in [3.8, 4) is 23.5 Å². The molecule has 0 N–H and O–H groups in total. The number of aryl methyl sites for hydroxylation is 1. The predicted molar refractivity (Wildman–Crippen MR) is 103 cm³/mol. The number of rotatable bonds is 6. The third-order valence-electron chi connectivity index (χ3n) is 3.89. The van der Waals surface area contributed by atoms with Gasteiger partial charge in [0, 0.05) is 31.9 Å². The fourth-order valence-corrected chi connectivity index (χ4v) is 2.46. The molecule has 2 heterocycles. The van der Waals surface area contributed by atoms with E-state index >= 15 is 0 Å². The summed E-state index contributed by atoms with van der Waals surface area (Å²) in [7, 11) is 3.31. The van der Waals surface area contributed by atoms with E-state index in [2.05, 4.69) is 26.8 Å². The van der Waals surface area contributed by atoms with Crippen LogP contribution in [0.4, 0.5) is 0 Å². The molecule has 0 unspecified atom stereocenters. The minimum absolute atomic E-state index is 0.408. The van der Waals surface area contributed by atoms with E-state index < -0.39 is 0 Å². The van der Waals surface area contributed by atoms with Crippen LogP contribution in [-0.2, 0) is 4.74 Å². The average molecular weight is 363 g/mol. The first-order valence-corrected chi connectivity index (χ1v) is 8.62. The molecule has 0 radical (unpaired) electrons. The second kappa shape index (κ2) is 8.97. The summed E-state index contributed by atoms with van der Waals surface area (Å²) in [6, 6.07) is 9.42. The Hall–Kier alpha value is -3.17. The van der Waals surface area contributed by atoms with Crippen LogP contribution in [0.15, 0.2) is 36.5 Å². The summed E-state index contributed by atoms with van der Waals surface area (Å²) in [6.45, 7) is 3.08. The number of aromatic nitrogens is 3. The normalized spacial score (nSPS) is 10.3. The van der Waals surface area contributed by atoms with E-state index in [0.717, 1.165) is 23.3 Å². The van der Waals surface area contributed by atoms with Crippen LogP contribution in [0.1, 0.15) is 23.2 Å². The molecule has 0 atom stereocenters. The lowest BCUT2D eigenvalue weighted by atomic mass is 10.1. The Bertz CT molecular complexity index is 993. The molecule has 0 amide bonds. The standard InChI is InChI=1S/C21H21N3O3/c1-15-14-17(26-3)9-7-16(15)8-10-19-21(27-13-5-12-25-2)24-18-6-4-11-22-20(18)23-19/h4,6-7,9,11,14H,5,12-13H2,1-3H3. The van der Waals surface area contributed by atoms with Gasteiger partial charge in [-0.3, -0.25) is 0 Å². The van der Waals surface area contributed by atoms with Crippen LogP contribution < -0.4 is 9.47 Å². The topological polar surface area (TPSA) is 66.4 Å². The lowest BCUT2D eigenvalue weighted by molar-refractivity contribution is 0.170. The molecule has 0 fully saturated rings. The van der Waals surface area contributed by atoms with Crippen molar-refractivity contribution in [2.24, 2.45) is 0 Å². The molecule has 0 saturated heterocycles. The van der Waals surface area contributed by atoms with Gasteiger partial charge in [-0.05, 0) is 48.7 Å². The zero-order valence-electron chi connectivity index (χ0n) is 15.7. The molecular weight excluding hydrogens is 342 g/mol.